The van der Waals surface area contributed by atoms with Crippen molar-refractivity contribution >= 4 is 54.3 Å². The third-order valence-corrected chi connectivity index (χ3v) is 8.53. The van der Waals surface area contributed by atoms with Crippen LogP contribution in [-0.2, 0) is 30.8 Å². The third-order valence-electron chi connectivity index (χ3n) is 5.69. The Kier molecular flexibility index (Phi) is 7.91. The number of nitrogens with zero attached hydrogens (tertiary/aromatic N) is 3. The fraction of sp³-hybridized carbons (Fsp3) is 0.348. The first kappa shape index (κ1) is 25.7. The topological polar surface area (TPSA) is 149 Å². The maximum atomic E-state index is 12.7. The van der Waals surface area contributed by atoms with E-state index in [0.29, 0.717) is 29.7 Å². The minimum atomic E-state index is -3.51. The van der Waals surface area contributed by atoms with E-state index in [4.69, 9.17) is 4.74 Å². The summed E-state index contributed by atoms with van der Waals surface area (Å²) in [5.41, 5.74) is 1.21. The average molecular weight is 533 g/mol. The van der Waals surface area contributed by atoms with Crippen molar-refractivity contribution < 1.29 is 27.7 Å². The number of aromatic nitrogens is 1. The van der Waals surface area contributed by atoms with Crippen LogP contribution in [0.1, 0.15) is 31.2 Å². The fourth-order valence-electron chi connectivity index (χ4n) is 3.78. The number of nitro benzene ring substituents is 1. The van der Waals surface area contributed by atoms with E-state index in [9.17, 15) is 28.1 Å². The molecule has 36 heavy (non-hydrogen) atoms. The van der Waals surface area contributed by atoms with Gasteiger partial charge >= 0.3 is 5.97 Å². The molecular weight excluding hydrogens is 508 g/mol. The lowest BCUT2D eigenvalue weighted by atomic mass is 10.1. The van der Waals surface area contributed by atoms with Gasteiger partial charge in [-0.15, -0.1) is 0 Å². The van der Waals surface area contributed by atoms with Crippen LogP contribution < -0.4 is 5.32 Å². The van der Waals surface area contributed by atoms with Crippen LogP contribution in [0.15, 0.2) is 47.4 Å². The van der Waals surface area contributed by atoms with Crippen LogP contribution in [0, 0.1) is 10.1 Å². The van der Waals surface area contributed by atoms with Crippen LogP contribution in [0.3, 0.4) is 0 Å². The molecule has 0 spiro atoms. The van der Waals surface area contributed by atoms with Crippen LogP contribution in [0.4, 0.5) is 10.8 Å². The summed E-state index contributed by atoms with van der Waals surface area (Å²) in [6.07, 6.45) is 3.13. The highest BCUT2D eigenvalue weighted by molar-refractivity contribution is 7.89. The standard InChI is InChI=1S/C23H24N4O7S2/c28-21(25-23-24-19-10-7-17(27(30)31)14-20(19)35-23)15-34-22(29)11-6-16-4-8-18(9-5-16)36(32,33)26-12-2-1-3-13-26/h4-5,7-10,14H,1-3,6,11-13,15H2,(H,24,25,28). The number of esters is 1. The molecule has 1 saturated heterocycles. The Morgan fingerprint density at radius 2 is 1.83 bits per heavy atom. The molecule has 13 heteroatoms. The molecule has 0 atom stereocenters. The summed E-state index contributed by atoms with van der Waals surface area (Å²) < 4.78 is 32.5. The number of piperidine rings is 1. The van der Waals surface area contributed by atoms with Crippen molar-refractivity contribution in [1.82, 2.24) is 9.29 Å². The first-order valence-electron chi connectivity index (χ1n) is 11.3. The number of ether oxygens (including phenoxy) is 1. The maximum absolute atomic E-state index is 12.7. The zero-order valence-corrected chi connectivity index (χ0v) is 20.8. The molecule has 0 aliphatic carbocycles. The summed E-state index contributed by atoms with van der Waals surface area (Å²) >= 11 is 1.08. The molecule has 0 radical (unpaired) electrons. The predicted molar refractivity (Wildman–Crippen MR) is 133 cm³/mol. The molecule has 0 saturated carbocycles. The van der Waals surface area contributed by atoms with Gasteiger partial charge < -0.3 is 4.74 Å². The van der Waals surface area contributed by atoms with Gasteiger partial charge in [-0.2, -0.15) is 4.31 Å². The van der Waals surface area contributed by atoms with Gasteiger partial charge in [0.25, 0.3) is 11.6 Å². The molecule has 0 bridgehead atoms. The summed E-state index contributed by atoms with van der Waals surface area (Å²) in [5, 5.41) is 13.6. The van der Waals surface area contributed by atoms with Gasteiger partial charge in [0, 0.05) is 31.6 Å². The van der Waals surface area contributed by atoms with Crippen molar-refractivity contribution in [2.45, 2.75) is 37.0 Å². The first-order chi connectivity index (χ1) is 17.2. The molecule has 1 N–H and O–H groups in total. The molecule has 3 aromatic rings. The third kappa shape index (κ3) is 6.22. The molecule has 11 nitrogen and oxygen atoms in total. The number of carbonyl (C=O) groups excluding carboxylic acids is 2. The van der Waals surface area contributed by atoms with E-state index < -0.39 is 33.4 Å². The van der Waals surface area contributed by atoms with Gasteiger partial charge in [-0.05, 0) is 43.0 Å². The lowest BCUT2D eigenvalue weighted by Gasteiger charge is -2.25. The number of hydrogen-bond donors (Lipinski definition) is 1. The highest BCUT2D eigenvalue weighted by atomic mass is 32.2. The van der Waals surface area contributed by atoms with Crippen LogP contribution in [0.5, 0.6) is 0 Å². The van der Waals surface area contributed by atoms with Gasteiger partial charge in [0.15, 0.2) is 11.7 Å². The highest BCUT2D eigenvalue weighted by Crippen LogP contribution is 2.29. The summed E-state index contributed by atoms with van der Waals surface area (Å²) in [4.78, 5) is 39.0. The molecule has 1 aromatic heterocycles. The lowest BCUT2D eigenvalue weighted by molar-refractivity contribution is -0.384. The second-order valence-corrected chi connectivity index (χ2v) is 11.2. The van der Waals surface area contributed by atoms with Gasteiger partial charge in [-0.1, -0.05) is 29.9 Å². The highest BCUT2D eigenvalue weighted by Gasteiger charge is 2.25. The number of aryl methyl sites for hydroxylation is 1. The number of amides is 1. The Morgan fingerprint density at radius 1 is 1.11 bits per heavy atom. The zero-order chi connectivity index (χ0) is 25.7. The molecule has 0 unspecified atom stereocenters. The first-order valence-corrected chi connectivity index (χ1v) is 13.6. The van der Waals surface area contributed by atoms with E-state index in [1.54, 1.807) is 24.3 Å². The number of fused-ring (bicyclic) bond motifs is 1. The number of sulfonamides is 1. The predicted octanol–water partition coefficient (Wildman–Crippen LogP) is 3.49. The molecule has 2 heterocycles. The van der Waals surface area contributed by atoms with E-state index in [2.05, 4.69) is 10.3 Å². The molecule has 1 fully saturated rings. The quantitative estimate of drug-likeness (QED) is 0.250. The van der Waals surface area contributed by atoms with E-state index in [1.165, 1.54) is 22.5 Å². The summed E-state index contributed by atoms with van der Waals surface area (Å²) in [7, 11) is -3.51. The average Bonchev–Trinajstić information content (AvgIpc) is 3.28. The monoisotopic (exact) mass is 532 g/mol. The zero-order valence-electron chi connectivity index (χ0n) is 19.2. The van der Waals surface area contributed by atoms with Crippen molar-refractivity contribution in [1.29, 1.82) is 0 Å². The molecule has 1 aliphatic heterocycles. The number of nitro groups is 1. The van der Waals surface area contributed by atoms with Crippen molar-refractivity contribution in [3.8, 4) is 0 Å². The van der Waals surface area contributed by atoms with E-state index in [0.717, 1.165) is 36.2 Å². The Morgan fingerprint density at radius 3 is 2.53 bits per heavy atom. The van der Waals surface area contributed by atoms with E-state index in [1.807, 2.05) is 0 Å². The summed E-state index contributed by atoms with van der Waals surface area (Å²) in [6, 6.07) is 10.6. The second kappa shape index (κ2) is 11.1. The number of non-ortho nitro benzene ring substituents is 1. The van der Waals surface area contributed by atoms with Crippen molar-refractivity contribution in [2.75, 3.05) is 25.0 Å². The number of carbonyl (C=O) groups is 2. The van der Waals surface area contributed by atoms with Gasteiger partial charge in [-0.3, -0.25) is 25.0 Å². The smallest absolute Gasteiger partial charge is 0.306 e. The number of rotatable bonds is 9. The van der Waals surface area contributed by atoms with Crippen LogP contribution >= 0.6 is 11.3 Å². The number of nitrogens with one attached hydrogen (secondary N) is 1. The summed E-state index contributed by atoms with van der Waals surface area (Å²) in [5.74, 6) is -1.15. The molecule has 1 amide bonds. The van der Waals surface area contributed by atoms with E-state index in [-0.39, 0.29) is 22.1 Å². The van der Waals surface area contributed by atoms with Crippen LogP contribution in [0.2, 0.25) is 0 Å². The van der Waals surface area contributed by atoms with E-state index >= 15 is 0 Å². The molecular formula is C23H24N4O7S2. The number of anilines is 1. The normalized spacial score (nSPS) is 14.4. The SMILES string of the molecule is O=C(COC(=O)CCc1ccc(S(=O)(=O)N2CCCCC2)cc1)Nc1nc2ccc([N+](=O)[O-])cc2s1. The van der Waals surface area contributed by atoms with Gasteiger partial charge in [0.1, 0.15) is 0 Å². The lowest BCUT2D eigenvalue weighted by Crippen LogP contribution is -2.35. The van der Waals surface area contributed by atoms with Crippen molar-refractivity contribution in [3.63, 3.8) is 0 Å². The molecule has 1 aliphatic rings. The summed E-state index contributed by atoms with van der Waals surface area (Å²) in [6.45, 7) is 0.567. The Balaban J connectivity index is 1.23. The van der Waals surface area contributed by atoms with Gasteiger partial charge in [-0.25, -0.2) is 13.4 Å². The Labute approximate surface area is 211 Å². The number of benzene rings is 2. The van der Waals surface area contributed by atoms with Crippen molar-refractivity contribution in [2.24, 2.45) is 0 Å². The fourth-order valence-corrected chi connectivity index (χ4v) is 6.21. The molecule has 4 rings (SSSR count). The minimum absolute atomic E-state index is 0.0241. The number of thiazole rings is 1. The minimum Gasteiger partial charge on any atom is -0.456 e. The van der Waals surface area contributed by atoms with Crippen LogP contribution in [0.25, 0.3) is 10.2 Å². The van der Waals surface area contributed by atoms with Crippen LogP contribution in [-0.4, -0.2) is 54.2 Å². The van der Waals surface area contributed by atoms with Gasteiger partial charge in [0.2, 0.25) is 10.0 Å². The second-order valence-electron chi connectivity index (χ2n) is 8.25. The maximum Gasteiger partial charge on any atom is 0.306 e. The number of hydrogen-bond acceptors (Lipinski definition) is 9. The molecule has 190 valence electrons. The molecule has 2 aromatic carbocycles. The largest absolute Gasteiger partial charge is 0.456 e. The van der Waals surface area contributed by atoms with Gasteiger partial charge in [0.05, 0.1) is 20.0 Å². The Bertz CT molecular complexity index is 1380. The Hall–Kier alpha value is -3.42. The van der Waals surface area contributed by atoms with Crippen molar-refractivity contribution in [3.05, 3.63) is 58.1 Å².